The van der Waals surface area contributed by atoms with Gasteiger partial charge in [0, 0.05) is 6.54 Å². The summed E-state index contributed by atoms with van der Waals surface area (Å²) in [6, 6.07) is 0. The van der Waals surface area contributed by atoms with E-state index in [0.29, 0.717) is 12.5 Å². The van der Waals surface area contributed by atoms with Crippen LogP contribution in [0.15, 0.2) is 0 Å². The first-order chi connectivity index (χ1) is 6.97. The van der Waals surface area contributed by atoms with Crippen LogP contribution in [0, 0.1) is 5.92 Å². The van der Waals surface area contributed by atoms with Gasteiger partial charge in [0.05, 0.1) is 0 Å². The molecule has 1 aliphatic heterocycles. The Morgan fingerprint density at radius 2 is 2.27 bits per heavy atom. The fraction of sp³-hybridized carbons (Fsp3) is 0.909. The highest BCUT2D eigenvalue weighted by Gasteiger charge is 2.17. The molecule has 1 saturated heterocycles. The Morgan fingerprint density at radius 3 is 2.80 bits per heavy atom. The molecule has 1 aliphatic rings. The largest absolute Gasteiger partial charge is 0.444 e. The average Bonchev–Trinajstić information content (AvgIpc) is 2.53. The van der Waals surface area contributed by atoms with Gasteiger partial charge in [0.2, 0.25) is 0 Å². The van der Waals surface area contributed by atoms with Crippen LogP contribution >= 0.6 is 0 Å². The first kappa shape index (κ1) is 12.3. The maximum atomic E-state index is 11.3. The van der Waals surface area contributed by atoms with E-state index in [-0.39, 0.29) is 6.09 Å². The summed E-state index contributed by atoms with van der Waals surface area (Å²) in [5, 5.41) is 6.08. The molecule has 0 spiro atoms. The molecule has 0 saturated carbocycles. The summed E-state index contributed by atoms with van der Waals surface area (Å²) in [6.45, 7) is 8.50. The van der Waals surface area contributed by atoms with Crippen LogP contribution in [0.5, 0.6) is 0 Å². The lowest BCUT2D eigenvalue weighted by Gasteiger charge is -2.20. The molecule has 0 aromatic rings. The number of nitrogens with one attached hydrogen (secondary N) is 2. The van der Waals surface area contributed by atoms with Crippen molar-refractivity contribution >= 4 is 6.09 Å². The Kier molecular flexibility index (Phi) is 4.39. The number of alkyl carbamates (subject to hydrolysis) is 1. The maximum absolute atomic E-state index is 11.3. The summed E-state index contributed by atoms with van der Waals surface area (Å²) in [5.74, 6) is 0.708. The standard InChI is InChI=1S/C11H22N2O2/c1-11(2,3)15-10(14)13-7-5-9-4-6-12-8-9/h9,12H,4-8H2,1-3H3,(H,13,14)/t9-/m0/s1. The monoisotopic (exact) mass is 214 g/mol. The second-order valence-corrected chi connectivity index (χ2v) is 5.08. The van der Waals surface area contributed by atoms with Crippen molar-refractivity contribution in [3.8, 4) is 0 Å². The number of hydrogen-bond donors (Lipinski definition) is 2. The van der Waals surface area contributed by atoms with Crippen molar-refractivity contribution in [3.63, 3.8) is 0 Å². The smallest absolute Gasteiger partial charge is 0.407 e. The molecule has 0 unspecified atom stereocenters. The number of rotatable bonds is 3. The van der Waals surface area contributed by atoms with Crippen LogP contribution in [0.1, 0.15) is 33.6 Å². The van der Waals surface area contributed by atoms with E-state index in [1.165, 1.54) is 6.42 Å². The van der Waals surface area contributed by atoms with Crippen LogP contribution in [0.25, 0.3) is 0 Å². The number of hydrogen-bond acceptors (Lipinski definition) is 3. The lowest BCUT2D eigenvalue weighted by Crippen LogP contribution is -2.33. The third kappa shape index (κ3) is 5.62. The SMILES string of the molecule is CC(C)(C)OC(=O)NCC[C@@H]1CCNC1. The minimum atomic E-state index is -0.404. The molecule has 2 N–H and O–H groups in total. The van der Waals surface area contributed by atoms with Gasteiger partial charge in [-0.15, -0.1) is 0 Å². The highest BCUT2D eigenvalue weighted by molar-refractivity contribution is 5.67. The predicted molar refractivity (Wildman–Crippen MR) is 59.8 cm³/mol. The normalized spacial score (nSPS) is 21.4. The van der Waals surface area contributed by atoms with Crippen molar-refractivity contribution in [2.24, 2.45) is 5.92 Å². The molecule has 0 aliphatic carbocycles. The fourth-order valence-electron chi connectivity index (χ4n) is 1.65. The minimum Gasteiger partial charge on any atom is -0.444 e. The Bertz CT molecular complexity index is 205. The number of carbonyl (C=O) groups is 1. The van der Waals surface area contributed by atoms with E-state index in [0.717, 1.165) is 19.5 Å². The number of ether oxygens (including phenoxy) is 1. The van der Waals surface area contributed by atoms with Crippen LogP contribution in [0.2, 0.25) is 0 Å². The zero-order chi connectivity index (χ0) is 11.3. The van der Waals surface area contributed by atoms with E-state index < -0.39 is 5.60 Å². The highest BCUT2D eigenvalue weighted by Crippen LogP contribution is 2.11. The molecule has 1 rings (SSSR count). The zero-order valence-electron chi connectivity index (χ0n) is 9.93. The van der Waals surface area contributed by atoms with Crippen molar-refractivity contribution in [1.29, 1.82) is 0 Å². The second kappa shape index (κ2) is 5.35. The van der Waals surface area contributed by atoms with Gasteiger partial charge >= 0.3 is 6.09 Å². The molecule has 0 aromatic heterocycles. The van der Waals surface area contributed by atoms with Crippen LogP contribution in [-0.4, -0.2) is 31.3 Å². The van der Waals surface area contributed by atoms with E-state index in [9.17, 15) is 4.79 Å². The summed E-state index contributed by atoms with van der Waals surface area (Å²) in [7, 11) is 0. The van der Waals surface area contributed by atoms with Crippen LogP contribution in [0.4, 0.5) is 4.79 Å². The van der Waals surface area contributed by atoms with Gasteiger partial charge in [0.1, 0.15) is 5.60 Å². The molecule has 0 aromatic carbocycles. The van der Waals surface area contributed by atoms with Gasteiger partial charge in [-0.25, -0.2) is 4.79 Å². The van der Waals surface area contributed by atoms with E-state index in [2.05, 4.69) is 10.6 Å². The second-order valence-electron chi connectivity index (χ2n) is 5.08. The van der Waals surface area contributed by atoms with E-state index in [4.69, 9.17) is 4.74 Å². The molecule has 0 bridgehead atoms. The van der Waals surface area contributed by atoms with Gasteiger partial charge in [0.25, 0.3) is 0 Å². The molecule has 88 valence electrons. The van der Waals surface area contributed by atoms with Gasteiger partial charge in [0.15, 0.2) is 0 Å². The topological polar surface area (TPSA) is 50.4 Å². The molecule has 1 amide bonds. The van der Waals surface area contributed by atoms with Crippen LogP contribution in [-0.2, 0) is 4.74 Å². The average molecular weight is 214 g/mol. The van der Waals surface area contributed by atoms with E-state index in [1.54, 1.807) is 0 Å². The quantitative estimate of drug-likeness (QED) is 0.748. The first-order valence-corrected chi connectivity index (χ1v) is 5.65. The first-order valence-electron chi connectivity index (χ1n) is 5.65. The lowest BCUT2D eigenvalue weighted by atomic mass is 10.1. The predicted octanol–water partition coefficient (Wildman–Crippen LogP) is 1.51. The summed E-state index contributed by atoms with van der Waals surface area (Å²) < 4.78 is 5.14. The summed E-state index contributed by atoms with van der Waals surface area (Å²) in [5.41, 5.74) is -0.404. The van der Waals surface area contributed by atoms with Gasteiger partial charge < -0.3 is 15.4 Å². The van der Waals surface area contributed by atoms with Crippen molar-refractivity contribution in [2.75, 3.05) is 19.6 Å². The lowest BCUT2D eigenvalue weighted by molar-refractivity contribution is 0.0525. The third-order valence-electron chi connectivity index (χ3n) is 2.38. The molecule has 1 fully saturated rings. The van der Waals surface area contributed by atoms with Crippen molar-refractivity contribution in [2.45, 2.75) is 39.2 Å². The summed E-state index contributed by atoms with van der Waals surface area (Å²) >= 11 is 0. The Hall–Kier alpha value is -0.770. The zero-order valence-corrected chi connectivity index (χ0v) is 9.93. The minimum absolute atomic E-state index is 0.312. The molecule has 15 heavy (non-hydrogen) atoms. The van der Waals surface area contributed by atoms with Gasteiger partial charge in [-0.3, -0.25) is 0 Å². The van der Waals surface area contributed by atoms with Gasteiger partial charge in [-0.1, -0.05) is 0 Å². The van der Waals surface area contributed by atoms with Gasteiger partial charge in [-0.05, 0) is 52.6 Å². The Morgan fingerprint density at radius 1 is 1.53 bits per heavy atom. The van der Waals surface area contributed by atoms with E-state index in [1.807, 2.05) is 20.8 Å². The van der Waals surface area contributed by atoms with Crippen LogP contribution in [0.3, 0.4) is 0 Å². The Balaban J connectivity index is 2.06. The maximum Gasteiger partial charge on any atom is 0.407 e. The molecule has 1 atom stereocenters. The van der Waals surface area contributed by atoms with E-state index >= 15 is 0 Å². The van der Waals surface area contributed by atoms with Crippen molar-refractivity contribution < 1.29 is 9.53 Å². The molecule has 4 nitrogen and oxygen atoms in total. The third-order valence-corrected chi connectivity index (χ3v) is 2.38. The number of carbonyl (C=O) groups excluding carboxylic acids is 1. The summed E-state index contributed by atoms with van der Waals surface area (Å²) in [4.78, 5) is 11.3. The van der Waals surface area contributed by atoms with Crippen molar-refractivity contribution in [3.05, 3.63) is 0 Å². The van der Waals surface area contributed by atoms with Crippen LogP contribution < -0.4 is 10.6 Å². The molecule has 4 heteroatoms. The fourth-order valence-corrected chi connectivity index (χ4v) is 1.65. The Labute approximate surface area is 91.8 Å². The molecule has 0 radical (unpaired) electrons. The van der Waals surface area contributed by atoms with Crippen molar-refractivity contribution in [1.82, 2.24) is 10.6 Å². The molecule has 1 heterocycles. The highest BCUT2D eigenvalue weighted by atomic mass is 16.6. The van der Waals surface area contributed by atoms with Gasteiger partial charge in [-0.2, -0.15) is 0 Å². The molecular weight excluding hydrogens is 192 g/mol. The summed E-state index contributed by atoms with van der Waals surface area (Å²) in [6.07, 6.45) is 1.94. The number of amides is 1. The molecular formula is C11H22N2O2.